The highest BCUT2D eigenvalue weighted by atomic mass is 32.2. The summed E-state index contributed by atoms with van der Waals surface area (Å²) < 4.78 is 0. The van der Waals surface area contributed by atoms with E-state index in [1.807, 2.05) is 13.8 Å². The predicted molar refractivity (Wildman–Crippen MR) is 78.7 cm³/mol. The zero-order chi connectivity index (χ0) is 13.9. The normalized spacial score (nSPS) is 22.6. The minimum absolute atomic E-state index is 0.161. The number of amidine groups is 1. The molecule has 0 saturated carbocycles. The van der Waals surface area contributed by atoms with Crippen LogP contribution in [0.15, 0.2) is 4.99 Å². The Morgan fingerprint density at radius 1 is 1.50 bits per heavy atom. The third-order valence-electron chi connectivity index (χ3n) is 3.16. The van der Waals surface area contributed by atoms with Gasteiger partial charge in [-0.3, -0.25) is 9.79 Å². The second-order valence-electron chi connectivity index (χ2n) is 6.22. The molecular formula is C13H25N3OS. The van der Waals surface area contributed by atoms with E-state index in [0.717, 1.165) is 17.3 Å². The Morgan fingerprint density at radius 3 is 2.56 bits per heavy atom. The third kappa shape index (κ3) is 4.19. The minimum Gasteiger partial charge on any atom is -0.368 e. The van der Waals surface area contributed by atoms with Crippen molar-refractivity contribution in [2.45, 2.75) is 53.1 Å². The van der Waals surface area contributed by atoms with Gasteiger partial charge in [-0.1, -0.05) is 46.4 Å². The van der Waals surface area contributed by atoms with Gasteiger partial charge in [-0.15, -0.1) is 0 Å². The molecule has 2 unspecified atom stereocenters. The van der Waals surface area contributed by atoms with Crippen molar-refractivity contribution in [3.05, 3.63) is 0 Å². The second kappa shape index (κ2) is 5.95. The molecule has 0 aliphatic carbocycles. The number of hydrogen-bond donors (Lipinski definition) is 2. The van der Waals surface area contributed by atoms with Crippen LogP contribution in [0.4, 0.5) is 0 Å². The van der Waals surface area contributed by atoms with Crippen LogP contribution in [-0.2, 0) is 4.79 Å². The maximum absolute atomic E-state index is 11.4. The summed E-state index contributed by atoms with van der Waals surface area (Å²) in [5.41, 5.74) is 5.57. The number of carbonyl (C=O) groups excluding carboxylic acids is 1. The number of primary amides is 1. The van der Waals surface area contributed by atoms with E-state index in [1.165, 1.54) is 0 Å². The predicted octanol–water partition coefficient (Wildman–Crippen LogP) is 1.99. The smallest absolute Gasteiger partial charge is 0.240 e. The summed E-state index contributed by atoms with van der Waals surface area (Å²) in [5.74, 6) is 0.893. The van der Waals surface area contributed by atoms with Gasteiger partial charge in [-0.2, -0.15) is 0 Å². The van der Waals surface area contributed by atoms with E-state index in [2.05, 4.69) is 26.1 Å². The van der Waals surface area contributed by atoms with Crippen LogP contribution in [0.25, 0.3) is 0 Å². The van der Waals surface area contributed by atoms with E-state index in [1.54, 1.807) is 11.8 Å². The van der Waals surface area contributed by atoms with Gasteiger partial charge in [0.2, 0.25) is 5.91 Å². The van der Waals surface area contributed by atoms with E-state index in [0.29, 0.717) is 6.04 Å². The van der Waals surface area contributed by atoms with Crippen molar-refractivity contribution in [3.63, 3.8) is 0 Å². The highest BCUT2D eigenvalue weighted by Crippen LogP contribution is 2.30. The topological polar surface area (TPSA) is 67.5 Å². The molecule has 0 bridgehead atoms. The molecule has 1 heterocycles. The van der Waals surface area contributed by atoms with Crippen molar-refractivity contribution < 1.29 is 4.79 Å². The molecule has 1 rings (SSSR count). The molecule has 104 valence electrons. The average molecular weight is 271 g/mol. The third-order valence-corrected chi connectivity index (χ3v) is 4.09. The number of nitrogens with one attached hydrogen (secondary N) is 1. The number of nitrogens with two attached hydrogens (primary N) is 1. The van der Waals surface area contributed by atoms with Gasteiger partial charge < -0.3 is 11.1 Å². The van der Waals surface area contributed by atoms with Crippen LogP contribution in [0, 0.1) is 11.3 Å². The Balaban J connectivity index is 2.77. The van der Waals surface area contributed by atoms with E-state index in [4.69, 9.17) is 10.7 Å². The molecule has 5 heteroatoms. The molecule has 2 atom stereocenters. The highest BCUT2D eigenvalue weighted by Gasteiger charge is 2.29. The Hall–Kier alpha value is -0.710. The van der Waals surface area contributed by atoms with Gasteiger partial charge in [0.05, 0.1) is 6.04 Å². The number of nitrogens with zero attached hydrogens (tertiary/aromatic N) is 1. The summed E-state index contributed by atoms with van der Waals surface area (Å²) in [5, 5.41) is 4.06. The van der Waals surface area contributed by atoms with Crippen molar-refractivity contribution >= 4 is 22.8 Å². The molecule has 0 spiro atoms. The number of carbonyl (C=O) groups is 1. The quantitative estimate of drug-likeness (QED) is 0.825. The van der Waals surface area contributed by atoms with Crippen molar-refractivity contribution in [3.8, 4) is 0 Å². The number of amides is 1. The van der Waals surface area contributed by atoms with E-state index >= 15 is 0 Å². The fourth-order valence-corrected chi connectivity index (χ4v) is 2.86. The molecule has 18 heavy (non-hydrogen) atoms. The van der Waals surface area contributed by atoms with Gasteiger partial charge in [0.25, 0.3) is 0 Å². The highest BCUT2D eigenvalue weighted by molar-refractivity contribution is 8.13. The van der Waals surface area contributed by atoms with Crippen molar-refractivity contribution in [1.29, 1.82) is 0 Å². The first-order valence-electron chi connectivity index (χ1n) is 6.48. The van der Waals surface area contributed by atoms with Gasteiger partial charge in [-0.25, -0.2) is 0 Å². The van der Waals surface area contributed by atoms with Crippen LogP contribution in [-0.4, -0.2) is 28.9 Å². The number of hydrogen-bond acceptors (Lipinski definition) is 4. The SMILES string of the molecule is CC(C)C(NC1=NC(C(C)(C)C)CCS1)C(N)=O. The summed E-state index contributed by atoms with van der Waals surface area (Å²) in [7, 11) is 0. The maximum Gasteiger partial charge on any atom is 0.240 e. The molecule has 1 aliphatic heterocycles. The van der Waals surface area contributed by atoms with Crippen molar-refractivity contribution in [1.82, 2.24) is 5.32 Å². The van der Waals surface area contributed by atoms with Crippen LogP contribution in [0.3, 0.4) is 0 Å². The molecule has 1 aliphatic rings. The first kappa shape index (κ1) is 15.3. The standard InChI is InChI=1S/C13H25N3OS/c1-8(2)10(11(14)17)16-12-15-9(6-7-18-12)13(3,4)5/h8-10H,6-7H2,1-5H3,(H2,14,17)(H,15,16). The minimum atomic E-state index is -0.338. The zero-order valence-electron chi connectivity index (χ0n) is 12.0. The lowest BCUT2D eigenvalue weighted by molar-refractivity contribution is -0.120. The van der Waals surface area contributed by atoms with Gasteiger partial charge in [0.15, 0.2) is 5.17 Å². The first-order chi connectivity index (χ1) is 8.21. The lowest BCUT2D eigenvalue weighted by atomic mass is 9.85. The summed E-state index contributed by atoms with van der Waals surface area (Å²) in [6.45, 7) is 10.6. The number of rotatable bonds is 3. The summed E-state index contributed by atoms with van der Waals surface area (Å²) >= 11 is 1.68. The fourth-order valence-electron chi connectivity index (χ4n) is 1.92. The van der Waals surface area contributed by atoms with Crippen LogP contribution < -0.4 is 11.1 Å². The number of aliphatic imine (C=N–C) groups is 1. The molecule has 0 aromatic rings. The van der Waals surface area contributed by atoms with Gasteiger partial charge in [0, 0.05) is 5.75 Å². The second-order valence-corrected chi connectivity index (χ2v) is 7.31. The molecular weight excluding hydrogens is 246 g/mol. The van der Waals surface area contributed by atoms with Crippen molar-refractivity contribution in [2.75, 3.05) is 5.75 Å². The van der Waals surface area contributed by atoms with Gasteiger partial charge in [-0.05, 0) is 17.8 Å². The maximum atomic E-state index is 11.4. The monoisotopic (exact) mass is 271 g/mol. The molecule has 4 nitrogen and oxygen atoms in total. The Bertz CT molecular complexity index is 334. The summed E-state index contributed by atoms with van der Waals surface area (Å²) in [6, 6.07) is -0.0306. The molecule has 0 aromatic carbocycles. The number of thioether (sulfide) groups is 1. The zero-order valence-corrected chi connectivity index (χ0v) is 12.8. The van der Waals surface area contributed by atoms with Crippen molar-refractivity contribution in [2.24, 2.45) is 22.1 Å². The molecule has 1 amide bonds. The van der Waals surface area contributed by atoms with Crippen LogP contribution in [0.1, 0.15) is 41.0 Å². The van der Waals surface area contributed by atoms with Crippen LogP contribution in [0.5, 0.6) is 0 Å². The molecule has 0 saturated heterocycles. The molecule has 0 fully saturated rings. The molecule has 3 N–H and O–H groups in total. The Morgan fingerprint density at radius 2 is 2.11 bits per heavy atom. The molecule has 0 radical (unpaired) electrons. The Labute approximate surface area is 114 Å². The molecule has 0 aromatic heterocycles. The lowest BCUT2D eigenvalue weighted by Crippen LogP contribution is -2.48. The largest absolute Gasteiger partial charge is 0.368 e. The lowest BCUT2D eigenvalue weighted by Gasteiger charge is -2.32. The van der Waals surface area contributed by atoms with Gasteiger partial charge in [0.1, 0.15) is 6.04 Å². The Kier molecular flexibility index (Phi) is 5.08. The van der Waals surface area contributed by atoms with Crippen LogP contribution >= 0.6 is 11.8 Å². The van der Waals surface area contributed by atoms with Crippen LogP contribution in [0.2, 0.25) is 0 Å². The fraction of sp³-hybridized carbons (Fsp3) is 0.846. The summed E-state index contributed by atoms with van der Waals surface area (Å²) in [6.07, 6.45) is 1.09. The van der Waals surface area contributed by atoms with E-state index in [9.17, 15) is 4.79 Å². The summed E-state index contributed by atoms with van der Waals surface area (Å²) in [4.78, 5) is 16.1. The first-order valence-corrected chi connectivity index (χ1v) is 7.47. The average Bonchev–Trinajstić information content (AvgIpc) is 2.24. The van der Waals surface area contributed by atoms with E-state index in [-0.39, 0.29) is 23.3 Å². The van der Waals surface area contributed by atoms with E-state index < -0.39 is 0 Å². The van der Waals surface area contributed by atoms with Gasteiger partial charge >= 0.3 is 0 Å².